The van der Waals surface area contributed by atoms with Crippen molar-refractivity contribution in [2.75, 3.05) is 33.9 Å². The molecule has 0 aromatic rings. The van der Waals surface area contributed by atoms with Gasteiger partial charge in [0, 0.05) is 31.8 Å². The number of methoxy groups -OCH3 is 2. The Morgan fingerprint density at radius 1 is 1.33 bits per heavy atom. The predicted octanol–water partition coefficient (Wildman–Crippen LogP) is 2.24. The third-order valence-corrected chi connectivity index (χ3v) is 3.20. The van der Waals surface area contributed by atoms with Gasteiger partial charge in [-0.15, -0.1) is 0 Å². The molecule has 18 heavy (non-hydrogen) atoms. The molecule has 4 heteroatoms. The van der Waals surface area contributed by atoms with Crippen molar-refractivity contribution in [3.8, 4) is 0 Å². The van der Waals surface area contributed by atoms with Crippen LogP contribution in [0, 0.1) is 0 Å². The SMILES string of the molecule is CCC(=CCN(CCOC)C(C)CC)C(=O)OC. The Balaban J connectivity index is 4.54. The Kier molecular flexibility index (Phi) is 9.60. The minimum Gasteiger partial charge on any atom is -0.466 e. The van der Waals surface area contributed by atoms with Crippen LogP contribution in [-0.4, -0.2) is 50.8 Å². The second-order valence-electron chi connectivity index (χ2n) is 4.32. The quantitative estimate of drug-likeness (QED) is 0.469. The van der Waals surface area contributed by atoms with E-state index in [1.54, 1.807) is 7.11 Å². The highest BCUT2D eigenvalue weighted by Gasteiger charge is 2.12. The van der Waals surface area contributed by atoms with E-state index in [1.807, 2.05) is 13.0 Å². The molecule has 4 nitrogen and oxygen atoms in total. The summed E-state index contributed by atoms with van der Waals surface area (Å²) in [5, 5.41) is 0. The Morgan fingerprint density at radius 3 is 2.44 bits per heavy atom. The number of rotatable bonds is 9. The molecule has 0 saturated carbocycles. The molecule has 0 aliphatic rings. The maximum absolute atomic E-state index is 11.5. The molecule has 0 saturated heterocycles. The van der Waals surface area contributed by atoms with Crippen LogP contribution in [0.15, 0.2) is 11.6 Å². The smallest absolute Gasteiger partial charge is 0.333 e. The van der Waals surface area contributed by atoms with Crippen LogP contribution >= 0.6 is 0 Å². The van der Waals surface area contributed by atoms with E-state index in [0.29, 0.717) is 19.1 Å². The summed E-state index contributed by atoms with van der Waals surface area (Å²) in [6.07, 6.45) is 3.75. The van der Waals surface area contributed by atoms with E-state index in [4.69, 9.17) is 9.47 Å². The van der Waals surface area contributed by atoms with E-state index < -0.39 is 0 Å². The van der Waals surface area contributed by atoms with Gasteiger partial charge in [-0.25, -0.2) is 4.79 Å². The second kappa shape index (κ2) is 10.1. The van der Waals surface area contributed by atoms with Crippen molar-refractivity contribution in [3.05, 3.63) is 11.6 Å². The van der Waals surface area contributed by atoms with Crippen molar-refractivity contribution < 1.29 is 14.3 Å². The molecule has 1 unspecified atom stereocenters. The third kappa shape index (κ3) is 6.17. The van der Waals surface area contributed by atoms with Crippen LogP contribution < -0.4 is 0 Å². The van der Waals surface area contributed by atoms with Crippen molar-refractivity contribution in [1.82, 2.24) is 4.90 Å². The molecule has 0 spiro atoms. The lowest BCUT2D eigenvalue weighted by Gasteiger charge is -2.27. The van der Waals surface area contributed by atoms with Gasteiger partial charge in [0.15, 0.2) is 0 Å². The number of hydrogen-bond acceptors (Lipinski definition) is 4. The number of ether oxygens (including phenoxy) is 2. The van der Waals surface area contributed by atoms with Crippen LogP contribution in [0.1, 0.15) is 33.6 Å². The van der Waals surface area contributed by atoms with Gasteiger partial charge in [-0.2, -0.15) is 0 Å². The van der Waals surface area contributed by atoms with Gasteiger partial charge in [-0.05, 0) is 19.8 Å². The monoisotopic (exact) mass is 257 g/mol. The largest absolute Gasteiger partial charge is 0.466 e. The molecule has 0 aromatic heterocycles. The van der Waals surface area contributed by atoms with Crippen molar-refractivity contribution >= 4 is 5.97 Å². The van der Waals surface area contributed by atoms with Gasteiger partial charge in [0.1, 0.15) is 0 Å². The van der Waals surface area contributed by atoms with E-state index in [2.05, 4.69) is 18.7 Å². The maximum atomic E-state index is 11.5. The summed E-state index contributed by atoms with van der Waals surface area (Å²) in [6, 6.07) is 0.479. The standard InChI is InChI=1S/C14H27NO3/c1-6-12(3)15(10-11-17-4)9-8-13(7-2)14(16)18-5/h8,12H,6-7,9-11H2,1-5H3. The van der Waals surface area contributed by atoms with E-state index >= 15 is 0 Å². The van der Waals surface area contributed by atoms with Gasteiger partial charge < -0.3 is 9.47 Å². The van der Waals surface area contributed by atoms with E-state index in [9.17, 15) is 4.79 Å². The molecule has 0 amide bonds. The van der Waals surface area contributed by atoms with Gasteiger partial charge in [-0.3, -0.25) is 4.90 Å². The average molecular weight is 257 g/mol. The van der Waals surface area contributed by atoms with E-state index in [-0.39, 0.29) is 5.97 Å². The first-order valence-electron chi connectivity index (χ1n) is 6.60. The number of carbonyl (C=O) groups is 1. The molecule has 0 aliphatic carbocycles. The van der Waals surface area contributed by atoms with Crippen LogP contribution in [0.5, 0.6) is 0 Å². The molecule has 0 fully saturated rings. The molecular weight excluding hydrogens is 230 g/mol. The highest BCUT2D eigenvalue weighted by atomic mass is 16.5. The summed E-state index contributed by atoms with van der Waals surface area (Å²) in [6.45, 7) is 8.66. The number of hydrogen-bond donors (Lipinski definition) is 0. The molecule has 106 valence electrons. The van der Waals surface area contributed by atoms with Crippen molar-refractivity contribution in [3.63, 3.8) is 0 Å². The zero-order valence-electron chi connectivity index (χ0n) is 12.4. The molecule has 0 heterocycles. The first kappa shape index (κ1) is 17.1. The fraction of sp³-hybridized carbons (Fsp3) is 0.786. The van der Waals surface area contributed by atoms with Crippen LogP contribution in [0.3, 0.4) is 0 Å². The van der Waals surface area contributed by atoms with Crippen LogP contribution in [-0.2, 0) is 14.3 Å². The molecule has 0 radical (unpaired) electrons. The van der Waals surface area contributed by atoms with Crippen LogP contribution in [0.4, 0.5) is 0 Å². The predicted molar refractivity (Wildman–Crippen MR) is 73.6 cm³/mol. The van der Waals surface area contributed by atoms with Gasteiger partial charge >= 0.3 is 5.97 Å². The van der Waals surface area contributed by atoms with Gasteiger partial charge in [0.2, 0.25) is 0 Å². The lowest BCUT2D eigenvalue weighted by atomic mass is 10.1. The Hall–Kier alpha value is -0.870. The number of nitrogens with zero attached hydrogens (tertiary/aromatic N) is 1. The Bertz CT molecular complexity index is 264. The minimum absolute atomic E-state index is 0.228. The Morgan fingerprint density at radius 2 is 2.00 bits per heavy atom. The Labute approximate surface area is 111 Å². The van der Waals surface area contributed by atoms with Crippen LogP contribution in [0.2, 0.25) is 0 Å². The fourth-order valence-electron chi connectivity index (χ4n) is 1.69. The van der Waals surface area contributed by atoms with Crippen LogP contribution in [0.25, 0.3) is 0 Å². The normalized spacial score (nSPS) is 13.8. The summed E-state index contributed by atoms with van der Waals surface area (Å²) in [7, 11) is 3.12. The average Bonchev–Trinajstić information content (AvgIpc) is 2.41. The molecule has 0 bridgehead atoms. The topological polar surface area (TPSA) is 38.8 Å². The van der Waals surface area contributed by atoms with Crippen molar-refractivity contribution in [2.45, 2.75) is 39.7 Å². The number of carbonyl (C=O) groups excluding carboxylic acids is 1. The maximum Gasteiger partial charge on any atom is 0.333 e. The highest BCUT2D eigenvalue weighted by molar-refractivity contribution is 5.88. The zero-order chi connectivity index (χ0) is 14.0. The van der Waals surface area contributed by atoms with Gasteiger partial charge in [-0.1, -0.05) is 19.9 Å². The molecule has 0 aromatic carbocycles. The third-order valence-electron chi connectivity index (χ3n) is 3.20. The van der Waals surface area contributed by atoms with Gasteiger partial charge in [0.25, 0.3) is 0 Å². The zero-order valence-corrected chi connectivity index (χ0v) is 12.4. The molecule has 0 rings (SSSR count). The molecule has 0 aliphatic heterocycles. The van der Waals surface area contributed by atoms with E-state index in [1.165, 1.54) is 7.11 Å². The molecular formula is C14H27NO3. The summed E-state index contributed by atoms with van der Waals surface area (Å²) in [5.41, 5.74) is 0.739. The summed E-state index contributed by atoms with van der Waals surface area (Å²) in [4.78, 5) is 13.8. The first-order valence-corrected chi connectivity index (χ1v) is 6.60. The molecule has 1 atom stereocenters. The minimum atomic E-state index is -0.228. The lowest BCUT2D eigenvalue weighted by Crippen LogP contribution is -2.35. The summed E-state index contributed by atoms with van der Waals surface area (Å²) >= 11 is 0. The van der Waals surface area contributed by atoms with Crippen molar-refractivity contribution in [1.29, 1.82) is 0 Å². The van der Waals surface area contributed by atoms with Crippen molar-refractivity contribution in [2.24, 2.45) is 0 Å². The first-order chi connectivity index (χ1) is 8.60. The van der Waals surface area contributed by atoms with E-state index in [0.717, 1.165) is 25.1 Å². The highest BCUT2D eigenvalue weighted by Crippen LogP contribution is 2.07. The molecule has 0 N–H and O–H groups in total. The summed E-state index contributed by atoms with van der Waals surface area (Å²) in [5.74, 6) is -0.228. The van der Waals surface area contributed by atoms with Gasteiger partial charge in [0.05, 0.1) is 13.7 Å². The summed E-state index contributed by atoms with van der Waals surface area (Å²) < 4.78 is 9.87. The number of esters is 1. The lowest BCUT2D eigenvalue weighted by molar-refractivity contribution is -0.136. The fourth-order valence-corrected chi connectivity index (χ4v) is 1.69. The second-order valence-corrected chi connectivity index (χ2v) is 4.32.